The molecule has 0 aromatic carbocycles. The molecule has 0 fully saturated rings. The molecule has 2 heteroatoms. The number of hydrogen-bond acceptors (Lipinski definition) is 0. The van der Waals surface area contributed by atoms with Crippen LogP contribution in [0, 0.1) is 0 Å². The molecule has 0 saturated heterocycles. The molecule has 0 amide bonds. The van der Waals surface area contributed by atoms with E-state index in [-0.39, 0.29) is 0 Å². The van der Waals surface area contributed by atoms with Crippen LogP contribution in [0.2, 0.25) is 0 Å². The van der Waals surface area contributed by atoms with Crippen molar-refractivity contribution in [1.82, 2.24) is 4.57 Å². The highest BCUT2D eigenvalue weighted by Crippen LogP contribution is 2.16. The molecule has 1 heterocycles. The van der Waals surface area contributed by atoms with Crippen molar-refractivity contribution in [1.29, 1.82) is 0 Å². The third kappa shape index (κ3) is 29.0. The van der Waals surface area contributed by atoms with Crippen molar-refractivity contribution >= 4 is 0 Å². The molecule has 48 heavy (non-hydrogen) atoms. The smallest absolute Gasteiger partial charge is 0.234 e. The van der Waals surface area contributed by atoms with Crippen LogP contribution >= 0.6 is 0 Å². The van der Waals surface area contributed by atoms with E-state index in [0.29, 0.717) is 0 Å². The van der Waals surface area contributed by atoms with Gasteiger partial charge in [-0.3, -0.25) is 0 Å². The van der Waals surface area contributed by atoms with E-state index in [9.17, 15) is 0 Å². The standard InChI is InChI=1S/C46H91N2/c1-4-7-10-13-16-19-22-24-27-30-33-36-39-42-47-44-45-48(43-40-37-34-31-28-25-23-20-17-14-11-8-5-2)46(47)41-38-35-32-29-26-21-18-15-12-9-6-3/h44-45H,4-43H2,1-3H3/q+1. The van der Waals surface area contributed by atoms with E-state index in [0.717, 1.165) is 0 Å². The van der Waals surface area contributed by atoms with Gasteiger partial charge in [-0.1, -0.05) is 226 Å². The lowest BCUT2D eigenvalue weighted by Gasteiger charge is -2.07. The number of rotatable bonds is 40. The maximum Gasteiger partial charge on any atom is 0.256 e. The minimum Gasteiger partial charge on any atom is -0.234 e. The number of aryl methyl sites for hydroxylation is 2. The topological polar surface area (TPSA) is 8.81 Å². The van der Waals surface area contributed by atoms with Crippen molar-refractivity contribution < 1.29 is 4.57 Å². The maximum absolute atomic E-state index is 2.65. The molecule has 0 aliphatic heterocycles. The van der Waals surface area contributed by atoms with E-state index in [1.54, 1.807) is 5.82 Å². The fraction of sp³-hybridized carbons (Fsp3) is 0.935. The van der Waals surface area contributed by atoms with E-state index in [1.807, 2.05) is 0 Å². The summed E-state index contributed by atoms with van der Waals surface area (Å²) in [4.78, 5) is 0. The first-order chi connectivity index (χ1) is 23.8. The van der Waals surface area contributed by atoms with Crippen LogP contribution in [0.5, 0.6) is 0 Å². The third-order valence-corrected chi connectivity index (χ3v) is 11.1. The molecule has 0 radical (unpaired) electrons. The zero-order valence-corrected chi connectivity index (χ0v) is 33.8. The highest BCUT2D eigenvalue weighted by atomic mass is 15.1. The first-order valence-corrected chi connectivity index (χ1v) is 22.9. The second kappa shape index (κ2) is 37.5. The molecule has 0 aliphatic carbocycles. The second-order valence-electron chi connectivity index (χ2n) is 15.9. The average molecular weight is 672 g/mol. The molecule has 0 bridgehead atoms. The number of unbranched alkanes of at least 4 members (excludes halogenated alkanes) is 34. The Morgan fingerprint density at radius 1 is 0.354 bits per heavy atom. The molecular formula is C46H91N2+. The van der Waals surface area contributed by atoms with Gasteiger partial charge in [-0.25, -0.2) is 9.13 Å². The van der Waals surface area contributed by atoms with E-state index in [2.05, 4.69) is 42.3 Å². The van der Waals surface area contributed by atoms with Crippen LogP contribution < -0.4 is 4.57 Å². The predicted octanol–water partition coefficient (Wildman–Crippen LogP) is 15.8. The molecule has 0 saturated carbocycles. The van der Waals surface area contributed by atoms with Crippen LogP contribution in [0.3, 0.4) is 0 Å². The normalized spacial score (nSPS) is 11.6. The summed E-state index contributed by atoms with van der Waals surface area (Å²) < 4.78 is 5.30. The van der Waals surface area contributed by atoms with E-state index in [4.69, 9.17) is 0 Å². The molecule has 1 aromatic heterocycles. The van der Waals surface area contributed by atoms with Gasteiger partial charge in [0.25, 0.3) is 5.82 Å². The van der Waals surface area contributed by atoms with Gasteiger partial charge in [-0.2, -0.15) is 0 Å². The first-order valence-electron chi connectivity index (χ1n) is 22.9. The molecule has 0 aliphatic rings. The van der Waals surface area contributed by atoms with Crippen LogP contribution in [-0.4, -0.2) is 4.57 Å². The van der Waals surface area contributed by atoms with E-state index < -0.39 is 0 Å². The van der Waals surface area contributed by atoms with Crippen molar-refractivity contribution in [2.24, 2.45) is 0 Å². The number of hydrogen-bond donors (Lipinski definition) is 0. The van der Waals surface area contributed by atoms with Crippen molar-refractivity contribution in [2.45, 2.75) is 278 Å². The van der Waals surface area contributed by atoms with Gasteiger partial charge < -0.3 is 0 Å². The number of nitrogens with zero attached hydrogens (tertiary/aromatic N) is 2. The third-order valence-electron chi connectivity index (χ3n) is 11.1. The Morgan fingerprint density at radius 2 is 0.646 bits per heavy atom. The Morgan fingerprint density at radius 3 is 1.00 bits per heavy atom. The van der Waals surface area contributed by atoms with Crippen LogP contribution in [0.25, 0.3) is 0 Å². The minimum absolute atomic E-state index is 1.23. The summed E-state index contributed by atoms with van der Waals surface area (Å²) in [5, 5.41) is 0. The molecule has 284 valence electrons. The summed E-state index contributed by atoms with van der Waals surface area (Å²) in [6.07, 6.45) is 59.3. The lowest BCUT2D eigenvalue weighted by Crippen LogP contribution is -2.37. The van der Waals surface area contributed by atoms with Gasteiger partial charge >= 0.3 is 0 Å². The average Bonchev–Trinajstić information content (AvgIpc) is 3.48. The number of imidazole rings is 1. The van der Waals surface area contributed by atoms with Crippen molar-refractivity contribution in [3.8, 4) is 0 Å². The van der Waals surface area contributed by atoms with Gasteiger partial charge in [-0.05, 0) is 32.1 Å². The van der Waals surface area contributed by atoms with Gasteiger partial charge in [-0.15, -0.1) is 0 Å². The first kappa shape index (κ1) is 45.2. The van der Waals surface area contributed by atoms with Gasteiger partial charge in [0.1, 0.15) is 12.4 Å². The zero-order valence-electron chi connectivity index (χ0n) is 33.8. The number of aromatic nitrogens is 2. The Kier molecular flexibility index (Phi) is 35.3. The highest BCUT2D eigenvalue weighted by Gasteiger charge is 2.16. The van der Waals surface area contributed by atoms with Crippen LogP contribution in [0.15, 0.2) is 12.4 Å². The van der Waals surface area contributed by atoms with Gasteiger partial charge in [0.15, 0.2) is 0 Å². The maximum atomic E-state index is 2.65. The van der Waals surface area contributed by atoms with Gasteiger partial charge in [0.2, 0.25) is 0 Å². The van der Waals surface area contributed by atoms with Crippen molar-refractivity contribution in [3.05, 3.63) is 18.2 Å². The molecule has 0 N–H and O–H groups in total. The van der Waals surface area contributed by atoms with Gasteiger partial charge in [0.05, 0.1) is 13.1 Å². The molecule has 0 unspecified atom stereocenters. The van der Waals surface area contributed by atoms with Crippen molar-refractivity contribution in [3.63, 3.8) is 0 Å². The SMILES string of the molecule is CCCCCCCCCCCCCCCn1cc[n+](CCCCCCCCCCCCCCC)c1CCCCCCCCCCCCC. The summed E-state index contributed by atoms with van der Waals surface area (Å²) in [5.41, 5.74) is 0. The van der Waals surface area contributed by atoms with Crippen LogP contribution in [0.1, 0.15) is 264 Å². The molecule has 0 atom stereocenters. The lowest BCUT2D eigenvalue weighted by molar-refractivity contribution is -0.704. The van der Waals surface area contributed by atoms with E-state index >= 15 is 0 Å². The Bertz CT molecular complexity index is 689. The monoisotopic (exact) mass is 672 g/mol. The summed E-state index contributed by atoms with van der Waals surface area (Å²) >= 11 is 0. The Hall–Kier alpha value is -0.790. The van der Waals surface area contributed by atoms with Crippen molar-refractivity contribution in [2.75, 3.05) is 0 Å². The van der Waals surface area contributed by atoms with Crippen LogP contribution in [0.4, 0.5) is 0 Å². The molecule has 1 rings (SSSR count). The predicted molar refractivity (Wildman–Crippen MR) is 216 cm³/mol. The zero-order chi connectivity index (χ0) is 34.4. The van der Waals surface area contributed by atoms with E-state index in [1.165, 1.54) is 257 Å². The largest absolute Gasteiger partial charge is 0.256 e. The minimum atomic E-state index is 1.23. The molecule has 2 nitrogen and oxygen atoms in total. The van der Waals surface area contributed by atoms with Crippen LogP contribution in [-0.2, 0) is 19.5 Å². The fourth-order valence-corrected chi connectivity index (χ4v) is 7.74. The fourth-order valence-electron chi connectivity index (χ4n) is 7.74. The Balaban J connectivity index is 2.28. The summed E-state index contributed by atoms with van der Waals surface area (Å²) in [6.45, 7) is 9.41. The molecule has 1 aromatic rings. The molecule has 0 spiro atoms. The van der Waals surface area contributed by atoms with Gasteiger partial charge in [0, 0.05) is 6.42 Å². The highest BCUT2D eigenvalue weighted by molar-refractivity contribution is 4.84. The second-order valence-corrected chi connectivity index (χ2v) is 15.9. The quantitative estimate of drug-likeness (QED) is 0.0485. The Labute approximate surface area is 304 Å². The lowest BCUT2D eigenvalue weighted by atomic mass is 10.0. The summed E-state index contributed by atoms with van der Waals surface area (Å²) in [7, 11) is 0. The summed E-state index contributed by atoms with van der Waals surface area (Å²) in [6, 6.07) is 0. The summed E-state index contributed by atoms with van der Waals surface area (Å²) in [5.74, 6) is 1.63. The molecular weight excluding hydrogens is 581 g/mol.